The van der Waals surface area contributed by atoms with Gasteiger partial charge in [-0.05, 0) is 12.5 Å². The van der Waals surface area contributed by atoms with Crippen LogP contribution in [0.5, 0.6) is 0 Å². The molecule has 0 spiro atoms. The molecule has 0 bridgehead atoms. The molecule has 4 rings (SSSR count). The van der Waals surface area contributed by atoms with Crippen molar-refractivity contribution >= 4 is 16.5 Å². The van der Waals surface area contributed by atoms with Gasteiger partial charge in [0.2, 0.25) is 5.13 Å². The maximum Gasteiger partial charge on any atom is 0.208 e. The van der Waals surface area contributed by atoms with Gasteiger partial charge in [0, 0.05) is 26.2 Å². The molecule has 2 atom stereocenters. The van der Waals surface area contributed by atoms with Crippen molar-refractivity contribution < 1.29 is 4.74 Å². The Balaban J connectivity index is 1.49. The van der Waals surface area contributed by atoms with Crippen LogP contribution in [0.3, 0.4) is 0 Å². The summed E-state index contributed by atoms with van der Waals surface area (Å²) in [6, 6.07) is 11.1. The number of rotatable bonds is 3. The van der Waals surface area contributed by atoms with E-state index in [0.29, 0.717) is 6.04 Å². The third-order valence-electron chi connectivity index (χ3n) is 4.43. The van der Waals surface area contributed by atoms with Gasteiger partial charge in [-0.15, -0.1) is 10.2 Å². The van der Waals surface area contributed by atoms with E-state index in [2.05, 4.69) is 50.3 Å². The van der Waals surface area contributed by atoms with Crippen molar-refractivity contribution in [3.63, 3.8) is 0 Å². The quantitative estimate of drug-likeness (QED) is 0.865. The zero-order valence-electron chi connectivity index (χ0n) is 12.7. The number of aromatic nitrogens is 2. The number of aryl methyl sites for hydroxylation is 1. The molecule has 5 nitrogen and oxygen atoms in total. The van der Waals surface area contributed by atoms with Crippen LogP contribution in [0.2, 0.25) is 0 Å². The first-order valence-electron chi connectivity index (χ1n) is 7.74. The fourth-order valence-electron chi connectivity index (χ4n) is 3.34. The van der Waals surface area contributed by atoms with Gasteiger partial charge < -0.3 is 9.64 Å². The summed E-state index contributed by atoms with van der Waals surface area (Å²) in [5.41, 5.74) is 1.37. The molecule has 0 radical (unpaired) electrons. The minimum Gasteiger partial charge on any atom is -0.373 e. The second-order valence-corrected chi connectivity index (χ2v) is 7.10. The average molecular weight is 316 g/mol. The molecule has 0 saturated carbocycles. The van der Waals surface area contributed by atoms with Crippen LogP contribution >= 0.6 is 11.3 Å². The summed E-state index contributed by atoms with van der Waals surface area (Å²) < 4.78 is 6.00. The highest BCUT2D eigenvalue weighted by Gasteiger charge is 2.40. The lowest BCUT2D eigenvalue weighted by Gasteiger charge is -2.36. The number of hydrogen-bond donors (Lipinski definition) is 0. The van der Waals surface area contributed by atoms with Crippen molar-refractivity contribution in [2.75, 3.05) is 31.1 Å². The maximum atomic E-state index is 6.00. The Hall–Kier alpha value is -1.50. The summed E-state index contributed by atoms with van der Waals surface area (Å²) in [5, 5.41) is 10.5. The van der Waals surface area contributed by atoms with Crippen molar-refractivity contribution in [1.29, 1.82) is 0 Å². The van der Waals surface area contributed by atoms with Crippen LogP contribution in [0.15, 0.2) is 30.3 Å². The highest BCUT2D eigenvalue weighted by Crippen LogP contribution is 2.29. The summed E-state index contributed by atoms with van der Waals surface area (Å²) >= 11 is 1.67. The van der Waals surface area contributed by atoms with E-state index in [9.17, 15) is 0 Å². The van der Waals surface area contributed by atoms with E-state index in [-0.39, 0.29) is 6.10 Å². The van der Waals surface area contributed by atoms with Gasteiger partial charge in [-0.25, -0.2) is 0 Å². The second kappa shape index (κ2) is 5.95. The third-order valence-corrected chi connectivity index (χ3v) is 5.33. The standard InChI is InChI=1S/C16H20N4OS/c1-12-17-18-16(22-12)20-10-14-15(11-20)21-8-7-19(14)9-13-5-3-2-4-6-13/h2-6,14-15H,7-11H2,1H3/t14-,15-/m1/s1. The number of benzene rings is 1. The van der Waals surface area contributed by atoms with Crippen LogP contribution < -0.4 is 4.90 Å². The fourth-order valence-corrected chi connectivity index (χ4v) is 4.05. The van der Waals surface area contributed by atoms with E-state index in [0.717, 1.165) is 42.9 Å². The Morgan fingerprint density at radius 3 is 2.86 bits per heavy atom. The molecule has 116 valence electrons. The molecular weight excluding hydrogens is 296 g/mol. The summed E-state index contributed by atoms with van der Waals surface area (Å²) in [6.45, 7) is 6.71. The normalized spacial score (nSPS) is 25.4. The van der Waals surface area contributed by atoms with Crippen molar-refractivity contribution in [3.05, 3.63) is 40.9 Å². The van der Waals surface area contributed by atoms with E-state index >= 15 is 0 Å². The highest BCUT2D eigenvalue weighted by molar-refractivity contribution is 7.15. The van der Waals surface area contributed by atoms with E-state index in [4.69, 9.17) is 4.74 Å². The van der Waals surface area contributed by atoms with E-state index < -0.39 is 0 Å². The zero-order chi connectivity index (χ0) is 14.9. The SMILES string of the molecule is Cc1nnc(N2C[C@@H]3[C@@H](C2)OCCN3Cc2ccccc2)s1. The summed E-state index contributed by atoms with van der Waals surface area (Å²) in [7, 11) is 0. The molecule has 0 aliphatic carbocycles. The molecule has 0 N–H and O–H groups in total. The fraction of sp³-hybridized carbons (Fsp3) is 0.500. The summed E-state index contributed by atoms with van der Waals surface area (Å²) in [5.74, 6) is 0. The van der Waals surface area contributed by atoms with Gasteiger partial charge in [-0.2, -0.15) is 0 Å². The van der Waals surface area contributed by atoms with Crippen LogP contribution in [-0.2, 0) is 11.3 Å². The second-order valence-electron chi connectivity index (χ2n) is 5.94. The molecule has 0 amide bonds. The molecule has 3 heterocycles. The van der Waals surface area contributed by atoms with Crippen LogP contribution in [-0.4, -0.2) is 53.5 Å². The van der Waals surface area contributed by atoms with Gasteiger partial charge >= 0.3 is 0 Å². The van der Waals surface area contributed by atoms with Crippen molar-refractivity contribution in [2.24, 2.45) is 0 Å². The average Bonchev–Trinajstić information content (AvgIpc) is 3.15. The monoisotopic (exact) mass is 316 g/mol. The molecule has 6 heteroatoms. The van der Waals surface area contributed by atoms with Crippen LogP contribution in [0.1, 0.15) is 10.6 Å². The molecule has 2 aliphatic rings. The summed E-state index contributed by atoms with van der Waals surface area (Å²) in [4.78, 5) is 4.88. The largest absolute Gasteiger partial charge is 0.373 e. The molecule has 0 unspecified atom stereocenters. The van der Waals surface area contributed by atoms with Gasteiger partial charge in [-0.3, -0.25) is 4.90 Å². The van der Waals surface area contributed by atoms with Crippen molar-refractivity contribution in [3.8, 4) is 0 Å². The lowest BCUT2D eigenvalue weighted by Crippen LogP contribution is -2.50. The predicted molar refractivity (Wildman–Crippen MR) is 87.2 cm³/mol. The van der Waals surface area contributed by atoms with E-state index in [1.807, 2.05) is 6.92 Å². The zero-order valence-corrected chi connectivity index (χ0v) is 13.5. The molecular formula is C16H20N4OS. The smallest absolute Gasteiger partial charge is 0.208 e. The van der Waals surface area contributed by atoms with Gasteiger partial charge in [0.25, 0.3) is 0 Å². The van der Waals surface area contributed by atoms with Gasteiger partial charge in [0.05, 0.1) is 18.8 Å². The van der Waals surface area contributed by atoms with Crippen LogP contribution in [0.4, 0.5) is 5.13 Å². The molecule has 1 aromatic carbocycles. The van der Waals surface area contributed by atoms with E-state index in [1.54, 1.807) is 11.3 Å². The van der Waals surface area contributed by atoms with Crippen molar-refractivity contribution in [1.82, 2.24) is 15.1 Å². The third kappa shape index (κ3) is 2.74. The number of morpholine rings is 1. The Morgan fingerprint density at radius 2 is 2.09 bits per heavy atom. The van der Waals surface area contributed by atoms with Gasteiger partial charge in [0.15, 0.2) is 0 Å². The van der Waals surface area contributed by atoms with Crippen LogP contribution in [0.25, 0.3) is 0 Å². The number of hydrogen-bond acceptors (Lipinski definition) is 6. The minimum atomic E-state index is 0.279. The van der Waals surface area contributed by atoms with Gasteiger partial charge in [-0.1, -0.05) is 41.7 Å². The number of fused-ring (bicyclic) bond motifs is 1. The van der Waals surface area contributed by atoms with Gasteiger partial charge in [0.1, 0.15) is 5.01 Å². The molecule has 22 heavy (non-hydrogen) atoms. The first kappa shape index (κ1) is 14.1. The molecule has 2 fully saturated rings. The lowest BCUT2D eigenvalue weighted by atomic mass is 10.1. The Bertz CT molecular complexity index is 632. The first-order valence-corrected chi connectivity index (χ1v) is 8.56. The Kier molecular flexibility index (Phi) is 3.82. The number of anilines is 1. The van der Waals surface area contributed by atoms with Crippen molar-refractivity contribution in [2.45, 2.75) is 25.6 Å². The maximum absolute atomic E-state index is 6.00. The Morgan fingerprint density at radius 1 is 1.23 bits per heavy atom. The molecule has 1 aromatic heterocycles. The topological polar surface area (TPSA) is 41.5 Å². The van der Waals surface area contributed by atoms with Crippen LogP contribution in [0, 0.1) is 6.92 Å². The highest BCUT2D eigenvalue weighted by atomic mass is 32.1. The molecule has 2 aliphatic heterocycles. The number of ether oxygens (including phenoxy) is 1. The summed E-state index contributed by atoms with van der Waals surface area (Å²) in [6.07, 6.45) is 0.279. The molecule has 2 aromatic rings. The van der Waals surface area contributed by atoms with E-state index in [1.165, 1.54) is 5.56 Å². The lowest BCUT2D eigenvalue weighted by molar-refractivity contribution is -0.0499. The molecule has 2 saturated heterocycles. The first-order chi connectivity index (χ1) is 10.8. The number of nitrogens with zero attached hydrogens (tertiary/aromatic N) is 4. The minimum absolute atomic E-state index is 0.279. The predicted octanol–water partition coefficient (Wildman–Crippen LogP) is 1.94. The Labute approximate surface area is 134 Å².